The van der Waals surface area contributed by atoms with Crippen molar-refractivity contribution in [2.75, 3.05) is 0 Å². The van der Waals surface area contributed by atoms with E-state index in [1.54, 1.807) is 6.07 Å². The first-order valence-corrected chi connectivity index (χ1v) is 6.94. The van der Waals surface area contributed by atoms with Crippen LogP contribution in [-0.2, 0) is 11.8 Å². The molecule has 4 heteroatoms. The number of aliphatic hydroxyl groups is 1. The van der Waals surface area contributed by atoms with Gasteiger partial charge in [-0.05, 0) is 42.4 Å². The molecular weight excluding hydrogens is 265 g/mol. The van der Waals surface area contributed by atoms with E-state index < -0.39 is 17.3 Å². The standard InChI is InChI=1S/C16H23F3O/c1-11(2)9-15(20,10-12(3)4)13-6-5-7-14(8-13)16(17,18)19/h5-8,11-12,20H,9-10H2,1-4H3. The Labute approximate surface area is 118 Å². The van der Waals surface area contributed by atoms with Gasteiger partial charge in [-0.1, -0.05) is 39.8 Å². The Kier molecular flexibility index (Phi) is 5.25. The topological polar surface area (TPSA) is 20.2 Å². The molecule has 1 N–H and O–H groups in total. The lowest BCUT2D eigenvalue weighted by atomic mass is 9.79. The average molecular weight is 288 g/mol. The minimum atomic E-state index is -4.38. The molecule has 0 radical (unpaired) electrons. The van der Waals surface area contributed by atoms with E-state index in [0.29, 0.717) is 18.4 Å². The van der Waals surface area contributed by atoms with Gasteiger partial charge in [0.2, 0.25) is 0 Å². The highest BCUT2D eigenvalue weighted by atomic mass is 19.4. The molecule has 0 heterocycles. The SMILES string of the molecule is CC(C)CC(O)(CC(C)C)c1cccc(C(F)(F)F)c1. The maximum atomic E-state index is 12.8. The average Bonchev–Trinajstić information content (AvgIpc) is 2.25. The summed E-state index contributed by atoms with van der Waals surface area (Å²) in [5, 5.41) is 10.8. The fraction of sp³-hybridized carbons (Fsp3) is 0.625. The van der Waals surface area contributed by atoms with Gasteiger partial charge >= 0.3 is 6.18 Å². The fourth-order valence-electron chi connectivity index (χ4n) is 2.65. The molecule has 0 saturated carbocycles. The smallest absolute Gasteiger partial charge is 0.385 e. The van der Waals surface area contributed by atoms with Gasteiger partial charge in [0, 0.05) is 0 Å². The first kappa shape index (κ1) is 17.0. The van der Waals surface area contributed by atoms with Gasteiger partial charge in [0.25, 0.3) is 0 Å². The van der Waals surface area contributed by atoms with E-state index >= 15 is 0 Å². The predicted octanol–water partition coefficient (Wildman–Crippen LogP) is 4.99. The van der Waals surface area contributed by atoms with E-state index in [2.05, 4.69) is 0 Å². The number of hydrogen-bond donors (Lipinski definition) is 1. The molecule has 0 aliphatic rings. The third kappa shape index (κ3) is 4.51. The highest BCUT2D eigenvalue weighted by Crippen LogP contribution is 2.37. The Morgan fingerprint density at radius 1 is 0.950 bits per heavy atom. The number of rotatable bonds is 5. The lowest BCUT2D eigenvalue weighted by molar-refractivity contribution is -0.137. The van der Waals surface area contributed by atoms with Crippen molar-refractivity contribution in [2.24, 2.45) is 11.8 Å². The summed E-state index contributed by atoms with van der Waals surface area (Å²) in [5.74, 6) is 0.404. The molecule has 114 valence electrons. The van der Waals surface area contributed by atoms with Crippen molar-refractivity contribution in [1.82, 2.24) is 0 Å². The van der Waals surface area contributed by atoms with Crippen LogP contribution in [0.1, 0.15) is 51.7 Å². The second-order valence-corrected chi connectivity index (χ2v) is 6.31. The molecule has 20 heavy (non-hydrogen) atoms. The Morgan fingerprint density at radius 3 is 1.80 bits per heavy atom. The molecule has 0 aliphatic heterocycles. The zero-order valence-corrected chi connectivity index (χ0v) is 12.5. The summed E-state index contributed by atoms with van der Waals surface area (Å²) in [7, 11) is 0. The Hall–Kier alpha value is -1.03. The minimum absolute atomic E-state index is 0.202. The zero-order valence-electron chi connectivity index (χ0n) is 12.5. The van der Waals surface area contributed by atoms with E-state index in [0.717, 1.165) is 12.1 Å². The largest absolute Gasteiger partial charge is 0.416 e. The highest BCUT2D eigenvalue weighted by molar-refractivity contribution is 5.30. The van der Waals surface area contributed by atoms with Gasteiger partial charge in [0.15, 0.2) is 0 Å². The van der Waals surface area contributed by atoms with E-state index in [-0.39, 0.29) is 11.8 Å². The molecule has 1 nitrogen and oxygen atoms in total. The number of halogens is 3. The van der Waals surface area contributed by atoms with Crippen LogP contribution in [-0.4, -0.2) is 5.11 Å². The van der Waals surface area contributed by atoms with E-state index in [4.69, 9.17) is 0 Å². The Bertz CT molecular complexity index is 426. The van der Waals surface area contributed by atoms with Crippen LogP contribution in [0.4, 0.5) is 13.2 Å². The molecule has 0 bridgehead atoms. The molecule has 0 saturated heterocycles. The second-order valence-electron chi connectivity index (χ2n) is 6.31. The molecule has 0 aromatic heterocycles. The van der Waals surface area contributed by atoms with Crippen molar-refractivity contribution in [2.45, 2.75) is 52.3 Å². The van der Waals surface area contributed by atoms with Gasteiger partial charge < -0.3 is 5.11 Å². The van der Waals surface area contributed by atoms with Crippen LogP contribution in [0.5, 0.6) is 0 Å². The quantitative estimate of drug-likeness (QED) is 0.809. The summed E-state index contributed by atoms with van der Waals surface area (Å²) in [4.78, 5) is 0. The molecule has 1 rings (SSSR count). The van der Waals surface area contributed by atoms with Crippen LogP contribution >= 0.6 is 0 Å². The van der Waals surface area contributed by atoms with E-state index in [1.165, 1.54) is 6.07 Å². The first-order valence-electron chi connectivity index (χ1n) is 6.94. The summed E-state index contributed by atoms with van der Waals surface area (Å²) in [6.07, 6.45) is -3.48. The summed E-state index contributed by atoms with van der Waals surface area (Å²) < 4.78 is 38.4. The predicted molar refractivity (Wildman–Crippen MR) is 74.3 cm³/mol. The Balaban J connectivity index is 3.20. The number of alkyl halides is 3. The van der Waals surface area contributed by atoms with Crippen molar-refractivity contribution >= 4 is 0 Å². The van der Waals surface area contributed by atoms with Gasteiger partial charge in [-0.25, -0.2) is 0 Å². The van der Waals surface area contributed by atoms with Crippen molar-refractivity contribution in [3.8, 4) is 0 Å². The van der Waals surface area contributed by atoms with Crippen LogP contribution < -0.4 is 0 Å². The maximum Gasteiger partial charge on any atom is 0.416 e. The summed E-state index contributed by atoms with van der Waals surface area (Å²) in [5.41, 5.74) is -1.56. The molecule has 1 aromatic rings. The van der Waals surface area contributed by atoms with Gasteiger partial charge in [-0.15, -0.1) is 0 Å². The summed E-state index contributed by atoms with van der Waals surface area (Å²) in [6.45, 7) is 7.83. The number of benzene rings is 1. The molecule has 0 amide bonds. The zero-order chi connectivity index (χ0) is 15.6. The second kappa shape index (κ2) is 6.17. The molecule has 0 aliphatic carbocycles. The van der Waals surface area contributed by atoms with Crippen LogP contribution in [0.25, 0.3) is 0 Å². The van der Waals surface area contributed by atoms with Crippen LogP contribution in [0.2, 0.25) is 0 Å². The molecule has 0 spiro atoms. The van der Waals surface area contributed by atoms with Crippen molar-refractivity contribution < 1.29 is 18.3 Å². The normalized spacial score (nSPS) is 13.3. The first-order chi connectivity index (χ1) is 9.04. The maximum absolute atomic E-state index is 12.8. The van der Waals surface area contributed by atoms with Gasteiger partial charge in [-0.3, -0.25) is 0 Å². The van der Waals surface area contributed by atoms with E-state index in [9.17, 15) is 18.3 Å². The van der Waals surface area contributed by atoms with Crippen molar-refractivity contribution in [3.63, 3.8) is 0 Å². The highest BCUT2D eigenvalue weighted by Gasteiger charge is 2.35. The van der Waals surface area contributed by atoms with Gasteiger partial charge in [0.05, 0.1) is 11.2 Å². The number of hydrogen-bond acceptors (Lipinski definition) is 1. The molecular formula is C16H23F3O. The summed E-state index contributed by atoms with van der Waals surface area (Å²) in [6, 6.07) is 5.06. The van der Waals surface area contributed by atoms with Crippen molar-refractivity contribution in [1.29, 1.82) is 0 Å². The lowest BCUT2D eigenvalue weighted by Crippen LogP contribution is -2.30. The van der Waals surface area contributed by atoms with E-state index in [1.807, 2.05) is 27.7 Å². The monoisotopic (exact) mass is 288 g/mol. The van der Waals surface area contributed by atoms with Gasteiger partial charge in [-0.2, -0.15) is 13.2 Å². The third-order valence-electron chi connectivity index (χ3n) is 3.22. The van der Waals surface area contributed by atoms with Gasteiger partial charge in [0.1, 0.15) is 0 Å². The van der Waals surface area contributed by atoms with Crippen molar-refractivity contribution in [3.05, 3.63) is 35.4 Å². The summed E-state index contributed by atoms with van der Waals surface area (Å²) >= 11 is 0. The third-order valence-corrected chi connectivity index (χ3v) is 3.22. The fourth-order valence-corrected chi connectivity index (χ4v) is 2.65. The minimum Gasteiger partial charge on any atom is -0.385 e. The molecule has 0 fully saturated rings. The Morgan fingerprint density at radius 2 is 1.40 bits per heavy atom. The van der Waals surface area contributed by atoms with Crippen LogP contribution in [0.15, 0.2) is 24.3 Å². The molecule has 0 unspecified atom stereocenters. The van der Waals surface area contributed by atoms with Crippen LogP contribution in [0, 0.1) is 11.8 Å². The lowest BCUT2D eigenvalue weighted by Gasteiger charge is -2.32. The van der Waals surface area contributed by atoms with Crippen LogP contribution in [0.3, 0.4) is 0 Å². The molecule has 1 aromatic carbocycles. The molecule has 0 atom stereocenters.